The van der Waals surface area contributed by atoms with Crippen LogP contribution in [0.4, 0.5) is 0 Å². The molecule has 0 amide bonds. The van der Waals surface area contributed by atoms with Gasteiger partial charge in [0.1, 0.15) is 6.79 Å². The third kappa shape index (κ3) is 6.48. The molecular weight excluding hydrogens is 480 g/mol. The minimum Gasteiger partial charge on any atom is -0.359 e. The Labute approximate surface area is 192 Å². The van der Waals surface area contributed by atoms with Crippen LogP contribution in [0.5, 0.6) is 0 Å². The number of rotatable bonds is 10. The van der Waals surface area contributed by atoms with E-state index in [1.54, 1.807) is 31.4 Å². The second-order valence-electron chi connectivity index (χ2n) is 7.11. The largest absolute Gasteiger partial charge is 0.359 e. The fraction of sp³-hybridized carbons (Fsp3) is 0.250. The average Bonchev–Trinajstić information content (AvgIpc) is 2.77. The zero-order valence-electron chi connectivity index (χ0n) is 17.4. The van der Waals surface area contributed by atoms with Gasteiger partial charge in [-0.25, -0.2) is 0 Å². The Balaban J connectivity index is 1.92. The van der Waals surface area contributed by atoms with E-state index in [4.69, 9.17) is 13.7 Å². The van der Waals surface area contributed by atoms with Crippen molar-refractivity contribution in [1.29, 1.82) is 0 Å². The molecule has 3 rings (SSSR count). The summed E-state index contributed by atoms with van der Waals surface area (Å²) in [6, 6.07) is 23.9. The third-order valence-electron chi connectivity index (χ3n) is 4.87. The maximum atomic E-state index is 12.8. The van der Waals surface area contributed by atoms with Crippen molar-refractivity contribution in [2.24, 2.45) is 0 Å². The van der Waals surface area contributed by atoms with Crippen molar-refractivity contribution in [3.63, 3.8) is 0 Å². The molecule has 0 aliphatic heterocycles. The molecule has 7 heteroatoms. The van der Waals surface area contributed by atoms with Crippen molar-refractivity contribution in [3.05, 3.63) is 100 Å². The summed E-state index contributed by atoms with van der Waals surface area (Å²) in [5.41, 5.74) is 2.78. The van der Waals surface area contributed by atoms with Gasteiger partial charge in [0, 0.05) is 17.5 Å². The highest BCUT2D eigenvalue weighted by Gasteiger charge is 2.29. The van der Waals surface area contributed by atoms with Crippen molar-refractivity contribution in [2.45, 2.75) is 23.8 Å². The zero-order chi connectivity index (χ0) is 22.3. The van der Waals surface area contributed by atoms with Crippen molar-refractivity contribution in [1.82, 2.24) is 0 Å². The molecular formula is C24H25BrO5S. The van der Waals surface area contributed by atoms with Crippen LogP contribution in [0.3, 0.4) is 0 Å². The Morgan fingerprint density at radius 2 is 1.52 bits per heavy atom. The number of hydrogen-bond donors (Lipinski definition) is 0. The summed E-state index contributed by atoms with van der Waals surface area (Å²) in [5.74, 6) is -0.377. The molecule has 0 N–H and O–H groups in total. The molecule has 0 saturated carbocycles. The van der Waals surface area contributed by atoms with Gasteiger partial charge in [0.2, 0.25) is 0 Å². The van der Waals surface area contributed by atoms with Crippen molar-refractivity contribution >= 4 is 26.0 Å². The van der Waals surface area contributed by atoms with Gasteiger partial charge >= 0.3 is 0 Å². The number of ether oxygens (including phenoxy) is 2. The van der Waals surface area contributed by atoms with E-state index in [2.05, 4.69) is 15.9 Å². The van der Waals surface area contributed by atoms with Crippen LogP contribution >= 0.6 is 15.9 Å². The molecule has 0 aliphatic rings. The van der Waals surface area contributed by atoms with Gasteiger partial charge in [0.15, 0.2) is 0 Å². The fourth-order valence-electron chi connectivity index (χ4n) is 3.23. The van der Waals surface area contributed by atoms with Crippen LogP contribution in [0.1, 0.15) is 28.7 Å². The maximum Gasteiger partial charge on any atom is 0.296 e. The highest BCUT2D eigenvalue weighted by molar-refractivity contribution is 9.10. The number of halogens is 1. The standard InChI is InChI=1S/C24H25BrO5S/c1-18-8-14-22(15-9-18)31(26,27)30-16-23(19-6-4-3-5-7-19)24(29-17-28-2)20-10-12-21(25)13-11-20/h3-15,23-24H,16-17H2,1-2H3/t23-,24-/m0/s1. The van der Waals surface area contributed by atoms with Crippen LogP contribution in [0.15, 0.2) is 88.2 Å². The van der Waals surface area contributed by atoms with Gasteiger partial charge in [0.25, 0.3) is 10.1 Å². The van der Waals surface area contributed by atoms with E-state index in [1.165, 1.54) is 0 Å². The smallest absolute Gasteiger partial charge is 0.296 e. The van der Waals surface area contributed by atoms with Gasteiger partial charge in [-0.1, -0.05) is 76.1 Å². The first kappa shape index (κ1) is 23.6. The molecule has 2 atom stereocenters. The van der Waals surface area contributed by atoms with E-state index in [-0.39, 0.29) is 24.2 Å². The molecule has 0 heterocycles. The summed E-state index contributed by atoms with van der Waals surface area (Å²) >= 11 is 3.45. The van der Waals surface area contributed by atoms with Crippen molar-refractivity contribution in [3.8, 4) is 0 Å². The van der Waals surface area contributed by atoms with Crippen LogP contribution < -0.4 is 0 Å². The summed E-state index contributed by atoms with van der Waals surface area (Å²) in [5, 5.41) is 0. The molecule has 164 valence electrons. The summed E-state index contributed by atoms with van der Waals surface area (Å²) in [6.45, 7) is 1.89. The Morgan fingerprint density at radius 3 is 2.13 bits per heavy atom. The number of benzene rings is 3. The minimum atomic E-state index is -3.92. The van der Waals surface area contributed by atoms with Gasteiger partial charge in [-0.2, -0.15) is 8.42 Å². The Morgan fingerprint density at radius 1 is 0.871 bits per heavy atom. The van der Waals surface area contributed by atoms with E-state index in [0.717, 1.165) is 21.2 Å². The molecule has 0 radical (unpaired) electrons. The monoisotopic (exact) mass is 504 g/mol. The lowest BCUT2D eigenvalue weighted by Crippen LogP contribution is -2.22. The SMILES string of the molecule is COCO[C@@H](c1ccc(Br)cc1)[C@@H](COS(=O)(=O)c1ccc(C)cc1)c1ccccc1. The predicted molar refractivity (Wildman–Crippen MR) is 123 cm³/mol. The first-order chi connectivity index (χ1) is 14.9. The molecule has 3 aromatic carbocycles. The van der Waals surface area contributed by atoms with E-state index < -0.39 is 16.2 Å². The lowest BCUT2D eigenvalue weighted by molar-refractivity contribution is -0.0860. The first-order valence-corrected chi connectivity index (χ1v) is 12.0. The van der Waals surface area contributed by atoms with Crippen LogP contribution in [0.2, 0.25) is 0 Å². The molecule has 3 aromatic rings. The lowest BCUT2D eigenvalue weighted by Gasteiger charge is -2.28. The fourth-order valence-corrected chi connectivity index (χ4v) is 4.43. The lowest BCUT2D eigenvalue weighted by atomic mass is 9.89. The second kappa shape index (κ2) is 11.0. The molecule has 0 bridgehead atoms. The van der Waals surface area contributed by atoms with E-state index >= 15 is 0 Å². The van der Waals surface area contributed by atoms with Gasteiger partial charge in [0.05, 0.1) is 17.6 Å². The summed E-state index contributed by atoms with van der Waals surface area (Å²) in [7, 11) is -2.37. The van der Waals surface area contributed by atoms with Crippen molar-refractivity contribution < 1.29 is 22.1 Å². The Kier molecular flexibility index (Phi) is 8.40. The highest BCUT2D eigenvalue weighted by atomic mass is 79.9. The third-order valence-corrected chi connectivity index (χ3v) is 6.69. The number of hydrogen-bond acceptors (Lipinski definition) is 5. The molecule has 0 unspecified atom stereocenters. The van der Waals surface area contributed by atoms with Crippen LogP contribution in [0.25, 0.3) is 0 Å². The summed E-state index contributed by atoms with van der Waals surface area (Å²) in [4.78, 5) is 0.128. The number of aryl methyl sites for hydroxylation is 1. The van der Waals surface area contributed by atoms with Crippen LogP contribution in [0, 0.1) is 6.92 Å². The maximum absolute atomic E-state index is 12.8. The van der Waals surface area contributed by atoms with Crippen LogP contribution in [-0.2, 0) is 23.8 Å². The van der Waals surface area contributed by atoms with Crippen LogP contribution in [-0.4, -0.2) is 28.9 Å². The predicted octanol–water partition coefficient (Wildman–Crippen LogP) is 5.61. The van der Waals surface area contributed by atoms with Gasteiger partial charge in [-0.15, -0.1) is 0 Å². The Hall–Kier alpha value is -2.03. The Bertz CT molecular complexity index is 1050. The molecule has 0 spiro atoms. The highest BCUT2D eigenvalue weighted by Crippen LogP contribution is 2.36. The van der Waals surface area contributed by atoms with Gasteiger partial charge in [-0.05, 0) is 42.3 Å². The van der Waals surface area contributed by atoms with Crippen molar-refractivity contribution in [2.75, 3.05) is 20.5 Å². The summed E-state index contributed by atoms with van der Waals surface area (Å²) < 4.78 is 43.2. The molecule has 0 aliphatic carbocycles. The minimum absolute atomic E-state index is 0.0643. The average molecular weight is 505 g/mol. The topological polar surface area (TPSA) is 61.8 Å². The van der Waals surface area contributed by atoms with E-state index in [1.807, 2.05) is 61.5 Å². The second-order valence-corrected chi connectivity index (χ2v) is 9.65. The van der Waals surface area contributed by atoms with E-state index in [9.17, 15) is 8.42 Å². The number of methoxy groups -OCH3 is 1. The molecule has 0 saturated heterocycles. The van der Waals surface area contributed by atoms with Gasteiger partial charge < -0.3 is 9.47 Å². The van der Waals surface area contributed by atoms with Gasteiger partial charge in [-0.3, -0.25) is 4.18 Å². The first-order valence-electron chi connectivity index (χ1n) is 9.78. The van der Waals surface area contributed by atoms with E-state index in [0.29, 0.717) is 0 Å². The quantitative estimate of drug-likeness (QED) is 0.265. The zero-order valence-corrected chi connectivity index (χ0v) is 19.8. The molecule has 0 aromatic heterocycles. The molecule has 5 nitrogen and oxygen atoms in total. The molecule has 0 fully saturated rings. The summed E-state index contributed by atoms with van der Waals surface area (Å²) in [6.07, 6.45) is -0.469. The molecule has 31 heavy (non-hydrogen) atoms. The normalized spacial score (nSPS) is 13.6.